The lowest BCUT2D eigenvalue weighted by molar-refractivity contribution is 0.142. The summed E-state index contributed by atoms with van der Waals surface area (Å²) in [4.78, 5) is 16.2. The molecule has 0 N–H and O–H groups in total. The molecule has 2 amide bonds. The van der Waals surface area contributed by atoms with Crippen molar-refractivity contribution >= 4 is 26.1 Å². The molecule has 30 heavy (non-hydrogen) atoms. The van der Waals surface area contributed by atoms with Crippen molar-refractivity contribution in [2.45, 2.75) is 35.5 Å². The fourth-order valence-corrected chi connectivity index (χ4v) is 7.18. The highest BCUT2D eigenvalue weighted by molar-refractivity contribution is 7.89. The molecule has 3 saturated heterocycles. The number of sulfonamides is 2. The van der Waals surface area contributed by atoms with E-state index in [0.717, 1.165) is 38.8 Å². The van der Waals surface area contributed by atoms with Gasteiger partial charge in [0.2, 0.25) is 20.0 Å². The average Bonchev–Trinajstić information content (AvgIpc) is 3.48. The summed E-state index contributed by atoms with van der Waals surface area (Å²) in [5.74, 6) is 0. The van der Waals surface area contributed by atoms with Crippen molar-refractivity contribution in [2.24, 2.45) is 0 Å². The second kappa shape index (κ2) is 8.45. The first-order valence-electron chi connectivity index (χ1n) is 10.4. The Kier molecular flexibility index (Phi) is 6.06. The van der Waals surface area contributed by atoms with E-state index in [0.29, 0.717) is 26.2 Å². The Bertz CT molecular complexity index is 974. The van der Waals surface area contributed by atoms with Gasteiger partial charge in [0.15, 0.2) is 0 Å². The number of nitrogens with zero attached hydrogens (tertiary/aromatic N) is 4. The number of amides is 2. The van der Waals surface area contributed by atoms with E-state index in [1.54, 1.807) is 4.90 Å². The quantitative estimate of drug-likeness (QED) is 0.673. The van der Waals surface area contributed by atoms with Crippen LogP contribution in [0.1, 0.15) is 25.7 Å². The van der Waals surface area contributed by atoms with E-state index in [2.05, 4.69) is 0 Å². The molecule has 0 unspecified atom stereocenters. The third-order valence-corrected chi connectivity index (χ3v) is 9.88. The van der Waals surface area contributed by atoms with Crippen LogP contribution in [0.4, 0.5) is 4.79 Å². The Morgan fingerprint density at radius 1 is 0.567 bits per heavy atom. The molecule has 3 aliphatic rings. The smallest absolute Gasteiger partial charge is 0.320 e. The second-order valence-electron chi connectivity index (χ2n) is 7.95. The Balaban J connectivity index is 1.42. The molecule has 3 aliphatic heterocycles. The summed E-state index contributed by atoms with van der Waals surface area (Å²) < 4.78 is 54.0. The van der Waals surface area contributed by atoms with Crippen LogP contribution < -0.4 is 0 Å². The van der Waals surface area contributed by atoms with E-state index in [1.165, 1.54) is 32.9 Å². The number of benzene rings is 1. The summed E-state index contributed by atoms with van der Waals surface area (Å²) in [5, 5.41) is 0. The van der Waals surface area contributed by atoms with Crippen molar-refractivity contribution in [3.63, 3.8) is 0 Å². The third-order valence-electron chi connectivity index (χ3n) is 6.05. The summed E-state index contributed by atoms with van der Waals surface area (Å²) >= 11 is 0. The molecule has 3 heterocycles. The highest BCUT2D eigenvalue weighted by Gasteiger charge is 2.33. The zero-order chi connectivity index (χ0) is 21.4. The lowest BCUT2D eigenvalue weighted by Gasteiger charge is -2.36. The zero-order valence-electron chi connectivity index (χ0n) is 16.9. The van der Waals surface area contributed by atoms with Crippen LogP contribution in [0.15, 0.2) is 34.1 Å². The van der Waals surface area contributed by atoms with E-state index >= 15 is 0 Å². The maximum atomic E-state index is 13.0. The van der Waals surface area contributed by atoms with Gasteiger partial charge in [-0.3, -0.25) is 0 Å². The van der Waals surface area contributed by atoms with Crippen molar-refractivity contribution in [1.82, 2.24) is 18.4 Å². The van der Waals surface area contributed by atoms with Crippen LogP contribution in [0.3, 0.4) is 0 Å². The topological polar surface area (TPSA) is 98.3 Å². The molecule has 0 radical (unpaired) electrons. The molecule has 11 heteroatoms. The Hall–Kier alpha value is -1.69. The van der Waals surface area contributed by atoms with Crippen molar-refractivity contribution in [3.8, 4) is 0 Å². The first-order chi connectivity index (χ1) is 14.3. The third kappa shape index (κ3) is 4.08. The van der Waals surface area contributed by atoms with Crippen molar-refractivity contribution in [2.75, 3.05) is 52.4 Å². The molecule has 3 fully saturated rings. The van der Waals surface area contributed by atoms with E-state index in [4.69, 9.17) is 0 Å². The number of hydrogen-bond donors (Lipinski definition) is 0. The first-order valence-corrected chi connectivity index (χ1v) is 13.3. The van der Waals surface area contributed by atoms with E-state index < -0.39 is 20.0 Å². The predicted molar refractivity (Wildman–Crippen MR) is 111 cm³/mol. The number of piperazine rings is 1. The first kappa shape index (κ1) is 21.5. The number of likely N-dealkylation sites (tertiary alicyclic amines) is 1. The summed E-state index contributed by atoms with van der Waals surface area (Å²) in [6.45, 7) is 3.72. The maximum absolute atomic E-state index is 13.0. The van der Waals surface area contributed by atoms with Crippen LogP contribution in [-0.4, -0.2) is 93.6 Å². The predicted octanol–water partition coefficient (Wildman–Crippen LogP) is 0.993. The fourth-order valence-electron chi connectivity index (χ4n) is 4.24. The molecule has 0 spiro atoms. The van der Waals surface area contributed by atoms with Crippen LogP contribution in [0.25, 0.3) is 0 Å². The normalized spacial score (nSPS) is 22.0. The highest BCUT2D eigenvalue weighted by atomic mass is 32.2. The molecule has 166 valence electrons. The van der Waals surface area contributed by atoms with Gasteiger partial charge < -0.3 is 9.80 Å². The van der Waals surface area contributed by atoms with Crippen molar-refractivity contribution < 1.29 is 21.6 Å². The molecular formula is C19H28N4O5S2. The van der Waals surface area contributed by atoms with Gasteiger partial charge in [-0.25, -0.2) is 21.6 Å². The number of carbonyl (C=O) groups excluding carboxylic acids is 1. The van der Waals surface area contributed by atoms with Gasteiger partial charge in [-0.1, -0.05) is 0 Å². The SMILES string of the molecule is O=C(N1CCCC1)N1CCN(S(=O)(=O)c2ccc(S(=O)(=O)N3CCCC3)cc2)CC1. The van der Waals surface area contributed by atoms with Gasteiger partial charge in [-0.05, 0) is 49.9 Å². The summed E-state index contributed by atoms with van der Waals surface area (Å²) in [7, 11) is -7.31. The summed E-state index contributed by atoms with van der Waals surface area (Å²) in [6.07, 6.45) is 3.73. The Labute approximate surface area is 178 Å². The molecule has 1 aromatic carbocycles. The van der Waals surface area contributed by atoms with Crippen molar-refractivity contribution in [3.05, 3.63) is 24.3 Å². The molecule has 0 saturated carbocycles. The minimum absolute atomic E-state index is 0.0129. The Morgan fingerprint density at radius 2 is 0.933 bits per heavy atom. The van der Waals surface area contributed by atoms with Gasteiger partial charge in [0.1, 0.15) is 0 Å². The van der Waals surface area contributed by atoms with E-state index in [-0.39, 0.29) is 28.9 Å². The lowest BCUT2D eigenvalue weighted by Crippen LogP contribution is -2.53. The fraction of sp³-hybridized carbons (Fsp3) is 0.632. The molecule has 0 aliphatic carbocycles. The van der Waals surface area contributed by atoms with Gasteiger partial charge in [-0.15, -0.1) is 0 Å². The van der Waals surface area contributed by atoms with Gasteiger partial charge in [-0.2, -0.15) is 8.61 Å². The average molecular weight is 457 g/mol. The van der Waals surface area contributed by atoms with Gasteiger partial charge in [0.25, 0.3) is 0 Å². The molecule has 0 atom stereocenters. The number of rotatable bonds is 4. The number of hydrogen-bond acceptors (Lipinski definition) is 5. The minimum atomic E-state index is -3.74. The van der Waals surface area contributed by atoms with Crippen molar-refractivity contribution in [1.29, 1.82) is 0 Å². The Morgan fingerprint density at radius 3 is 1.40 bits per heavy atom. The number of urea groups is 1. The second-order valence-corrected chi connectivity index (χ2v) is 11.8. The number of carbonyl (C=O) groups is 1. The van der Waals surface area contributed by atoms with Gasteiger partial charge in [0.05, 0.1) is 9.79 Å². The van der Waals surface area contributed by atoms with Crippen LogP contribution in [0, 0.1) is 0 Å². The summed E-state index contributed by atoms with van der Waals surface area (Å²) in [5.41, 5.74) is 0. The molecule has 0 bridgehead atoms. The van der Waals surface area contributed by atoms with E-state index in [1.807, 2.05) is 4.90 Å². The molecule has 9 nitrogen and oxygen atoms in total. The molecule has 4 rings (SSSR count). The minimum Gasteiger partial charge on any atom is -0.325 e. The standard InChI is InChI=1S/C19H28N4O5S2/c24-19(20-9-1-2-10-20)21-13-15-23(16-14-21)30(27,28)18-7-5-17(6-8-18)29(25,26)22-11-3-4-12-22/h5-8H,1-4,9-16H2. The highest BCUT2D eigenvalue weighted by Crippen LogP contribution is 2.24. The maximum Gasteiger partial charge on any atom is 0.320 e. The monoisotopic (exact) mass is 456 g/mol. The van der Waals surface area contributed by atoms with Crippen LogP contribution in [0.2, 0.25) is 0 Å². The molecule has 0 aromatic heterocycles. The van der Waals surface area contributed by atoms with E-state index in [9.17, 15) is 21.6 Å². The van der Waals surface area contributed by atoms with Crippen LogP contribution in [0.5, 0.6) is 0 Å². The van der Waals surface area contributed by atoms with Gasteiger partial charge in [0, 0.05) is 52.4 Å². The lowest BCUT2D eigenvalue weighted by atomic mass is 10.4. The van der Waals surface area contributed by atoms with Gasteiger partial charge >= 0.3 is 6.03 Å². The van der Waals surface area contributed by atoms with Crippen LogP contribution in [-0.2, 0) is 20.0 Å². The summed E-state index contributed by atoms with van der Waals surface area (Å²) in [6, 6.07) is 5.45. The molecular weight excluding hydrogens is 428 g/mol. The zero-order valence-corrected chi connectivity index (χ0v) is 18.6. The van der Waals surface area contributed by atoms with Crippen LogP contribution >= 0.6 is 0 Å². The molecule has 1 aromatic rings. The largest absolute Gasteiger partial charge is 0.325 e.